The Hall–Kier alpha value is -2.43. The van der Waals surface area contributed by atoms with Crippen molar-refractivity contribution in [3.63, 3.8) is 0 Å². The second-order valence-electron chi connectivity index (χ2n) is 5.54. The molecule has 0 atom stereocenters. The fourth-order valence-electron chi connectivity index (χ4n) is 2.08. The number of hydrogen-bond acceptors (Lipinski definition) is 6. The van der Waals surface area contributed by atoms with E-state index in [0.717, 1.165) is 4.47 Å². The number of carbonyl (C=O) groups excluding carboxylic acids is 2. The fraction of sp³-hybridized carbons (Fsp3) is 0.222. The van der Waals surface area contributed by atoms with E-state index in [0.29, 0.717) is 11.4 Å². The molecule has 0 spiro atoms. The van der Waals surface area contributed by atoms with Gasteiger partial charge in [-0.15, -0.1) is 0 Å². The third-order valence-corrected chi connectivity index (χ3v) is 5.48. The maximum atomic E-state index is 12.2. The Kier molecular flexibility index (Phi) is 7.97. The summed E-state index contributed by atoms with van der Waals surface area (Å²) in [6.45, 7) is -0.297. The van der Waals surface area contributed by atoms with E-state index in [1.54, 1.807) is 36.4 Å². The number of carbonyl (C=O) groups is 2. The quantitative estimate of drug-likeness (QED) is 0.544. The standard InChI is InChI=1S/C18H19BrN2O6S/c1-26-18(23)12-27-15-4-2-3-14(11-15)21-17(22)9-10-20-28(24,25)16-7-5-13(19)6-8-16/h2-8,11,20H,9-10,12H2,1H3,(H,21,22). The average Bonchev–Trinajstić information content (AvgIpc) is 2.66. The number of rotatable bonds is 9. The summed E-state index contributed by atoms with van der Waals surface area (Å²) in [6.07, 6.45) is -0.0526. The molecule has 0 unspecified atom stereocenters. The number of anilines is 1. The van der Waals surface area contributed by atoms with E-state index < -0.39 is 16.0 Å². The molecule has 8 nitrogen and oxygen atoms in total. The molecule has 10 heteroatoms. The molecule has 0 heterocycles. The second-order valence-corrected chi connectivity index (χ2v) is 8.23. The van der Waals surface area contributed by atoms with Crippen LogP contribution in [0.15, 0.2) is 57.9 Å². The molecule has 0 radical (unpaired) electrons. The molecular formula is C18H19BrN2O6S. The highest BCUT2D eigenvalue weighted by molar-refractivity contribution is 9.10. The highest BCUT2D eigenvalue weighted by Gasteiger charge is 2.14. The number of benzene rings is 2. The fourth-order valence-corrected chi connectivity index (χ4v) is 3.38. The number of sulfonamides is 1. The van der Waals surface area contributed by atoms with Gasteiger partial charge in [0.25, 0.3) is 0 Å². The molecule has 2 rings (SSSR count). The van der Waals surface area contributed by atoms with Gasteiger partial charge < -0.3 is 14.8 Å². The van der Waals surface area contributed by atoms with Crippen molar-refractivity contribution in [2.75, 3.05) is 25.6 Å². The maximum Gasteiger partial charge on any atom is 0.343 e. The lowest BCUT2D eigenvalue weighted by Crippen LogP contribution is -2.27. The largest absolute Gasteiger partial charge is 0.482 e. The summed E-state index contributed by atoms with van der Waals surface area (Å²) in [5.41, 5.74) is 0.461. The van der Waals surface area contributed by atoms with Gasteiger partial charge in [-0.25, -0.2) is 17.9 Å². The number of methoxy groups -OCH3 is 1. The van der Waals surface area contributed by atoms with Crippen LogP contribution < -0.4 is 14.8 Å². The monoisotopic (exact) mass is 470 g/mol. The smallest absolute Gasteiger partial charge is 0.343 e. The van der Waals surface area contributed by atoms with Gasteiger partial charge in [0.1, 0.15) is 5.75 Å². The molecule has 0 bridgehead atoms. The van der Waals surface area contributed by atoms with Crippen molar-refractivity contribution >= 4 is 43.5 Å². The van der Waals surface area contributed by atoms with E-state index in [1.165, 1.54) is 19.2 Å². The molecule has 150 valence electrons. The molecule has 0 aromatic heterocycles. The Morgan fingerprint density at radius 3 is 2.50 bits per heavy atom. The maximum absolute atomic E-state index is 12.2. The van der Waals surface area contributed by atoms with Crippen molar-refractivity contribution in [2.45, 2.75) is 11.3 Å². The summed E-state index contributed by atoms with van der Waals surface area (Å²) in [6, 6.07) is 12.6. The van der Waals surface area contributed by atoms with Gasteiger partial charge in [0.05, 0.1) is 12.0 Å². The normalized spacial score (nSPS) is 10.9. The highest BCUT2D eigenvalue weighted by atomic mass is 79.9. The Bertz CT molecular complexity index is 931. The third kappa shape index (κ3) is 6.95. The minimum Gasteiger partial charge on any atom is -0.482 e. The van der Waals surface area contributed by atoms with Gasteiger partial charge in [-0.3, -0.25) is 4.79 Å². The molecule has 0 saturated heterocycles. The van der Waals surface area contributed by atoms with Gasteiger partial charge >= 0.3 is 5.97 Å². The first-order valence-corrected chi connectivity index (χ1v) is 10.4. The summed E-state index contributed by atoms with van der Waals surface area (Å²) in [5.74, 6) is -0.504. The first-order valence-electron chi connectivity index (χ1n) is 8.15. The van der Waals surface area contributed by atoms with Crippen LogP contribution in [0.25, 0.3) is 0 Å². The summed E-state index contributed by atoms with van der Waals surface area (Å²) < 4.78 is 37.2. The van der Waals surface area contributed by atoms with Gasteiger partial charge in [0.2, 0.25) is 15.9 Å². The van der Waals surface area contributed by atoms with E-state index in [2.05, 4.69) is 30.7 Å². The molecule has 0 fully saturated rings. The van der Waals surface area contributed by atoms with Gasteiger partial charge in [-0.05, 0) is 36.4 Å². The molecule has 0 aliphatic rings. The van der Waals surface area contributed by atoms with Crippen LogP contribution in [-0.4, -0.2) is 40.6 Å². The Morgan fingerprint density at radius 1 is 1.11 bits per heavy atom. The van der Waals surface area contributed by atoms with E-state index in [4.69, 9.17) is 4.74 Å². The van der Waals surface area contributed by atoms with Crippen LogP contribution in [0.2, 0.25) is 0 Å². The molecule has 2 aromatic rings. The molecule has 0 saturated carbocycles. The molecule has 2 N–H and O–H groups in total. The predicted molar refractivity (Wildman–Crippen MR) is 107 cm³/mol. The number of amides is 1. The van der Waals surface area contributed by atoms with Crippen molar-refractivity contribution < 1.29 is 27.5 Å². The molecule has 1 amide bonds. The summed E-state index contributed by atoms with van der Waals surface area (Å²) in [7, 11) is -2.43. The minimum atomic E-state index is -3.68. The average molecular weight is 471 g/mol. The first-order chi connectivity index (χ1) is 13.3. The molecule has 0 aliphatic carbocycles. The van der Waals surface area contributed by atoms with Crippen molar-refractivity contribution in [3.8, 4) is 5.75 Å². The van der Waals surface area contributed by atoms with Crippen molar-refractivity contribution in [1.29, 1.82) is 0 Å². The zero-order valence-electron chi connectivity index (χ0n) is 15.0. The van der Waals surface area contributed by atoms with Gasteiger partial charge in [-0.1, -0.05) is 22.0 Å². The van der Waals surface area contributed by atoms with Gasteiger partial charge in [0.15, 0.2) is 6.61 Å². The summed E-state index contributed by atoms with van der Waals surface area (Å²) in [4.78, 5) is 23.2. The van der Waals surface area contributed by atoms with Crippen LogP contribution in [-0.2, 0) is 24.3 Å². The predicted octanol–water partition coefficient (Wildman–Crippen LogP) is 2.31. The lowest BCUT2D eigenvalue weighted by atomic mass is 10.3. The number of halogens is 1. The topological polar surface area (TPSA) is 111 Å². The van der Waals surface area contributed by atoms with E-state index >= 15 is 0 Å². The van der Waals surface area contributed by atoms with Crippen LogP contribution in [0.5, 0.6) is 5.75 Å². The lowest BCUT2D eigenvalue weighted by Gasteiger charge is -2.09. The Morgan fingerprint density at radius 2 is 1.82 bits per heavy atom. The van der Waals surface area contributed by atoms with Crippen LogP contribution in [0, 0.1) is 0 Å². The zero-order valence-corrected chi connectivity index (χ0v) is 17.4. The number of ether oxygens (including phenoxy) is 2. The van der Waals surface area contributed by atoms with Crippen molar-refractivity contribution in [2.24, 2.45) is 0 Å². The molecule has 28 heavy (non-hydrogen) atoms. The van der Waals surface area contributed by atoms with Crippen molar-refractivity contribution in [1.82, 2.24) is 4.72 Å². The van der Waals surface area contributed by atoms with Crippen molar-refractivity contribution in [3.05, 3.63) is 53.0 Å². The molecular weight excluding hydrogens is 452 g/mol. The highest BCUT2D eigenvalue weighted by Crippen LogP contribution is 2.18. The number of hydrogen-bond donors (Lipinski definition) is 2. The SMILES string of the molecule is COC(=O)COc1cccc(NC(=O)CCNS(=O)(=O)c2ccc(Br)cc2)c1. The van der Waals surface area contributed by atoms with E-state index in [-0.39, 0.29) is 30.4 Å². The first kappa shape index (κ1) is 21.9. The summed E-state index contributed by atoms with van der Waals surface area (Å²) >= 11 is 3.24. The Balaban J connectivity index is 1.84. The zero-order chi connectivity index (χ0) is 20.6. The van der Waals surface area contributed by atoms with E-state index in [9.17, 15) is 18.0 Å². The third-order valence-electron chi connectivity index (χ3n) is 3.47. The molecule has 2 aromatic carbocycles. The second kappa shape index (κ2) is 10.2. The van der Waals surface area contributed by atoms with Crippen LogP contribution in [0.1, 0.15) is 6.42 Å². The van der Waals surface area contributed by atoms with E-state index in [1.807, 2.05) is 0 Å². The minimum absolute atomic E-state index is 0.0526. The lowest BCUT2D eigenvalue weighted by molar-refractivity contribution is -0.142. The number of nitrogens with one attached hydrogen (secondary N) is 2. The van der Waals surface area contributed by atoms with Crippen LogP contribution in [0.4, 0.5) is 5.69 Å². The summed E-state index contributed by atoms with van der Waals surface area (Å²) in [5, 5.41) is 2.64. The van der Waals surface area contributed by atoms with Crippen LogP contribution >= 0.6 is 15.9 Å². The van der Waals surface area contributed by atoms with Gasteiger partial charge in [-0.2, -0.15) is 0 Å². The molecule has 0 aliphatic heterocycles. The van der Waals surface area contributed by atoms with Crippen LogP contribution in [0.3, 0.4) is 0 Å². The van der Waals surface area contributed by atoms with Gasteiger partial charge in [0, 0.05) is 29.2 Å². The Labute approximate surface area is 171 Å². The number of esters is 1.